The normalized spacial score (nSPS) is 11.8. The second-order valence-corrected chi connectivity index (χ2v) is 3.95. The summed E-state index contributed by atoms with van der Waals surface area (Å²) in [6, 6.07) is 3.56. The molecule has 8 heteroatoms. The van der Waals surface area contributed by atoms with Gasteiger partial charge in [0, 0.05) is 11.8 Å². The van der Waals surface area contributed by atoms with Crippen molar-refractivity contribution in [2.75, 3.05) is 0 Å². The molecule has 0 bridgehead atoms. The highest BCUT2D eigenvalue weighted by Gasteiger charge is 2.30. The van der Waals surface area contributed by atoms with Crippen LogP contribution >= 0.6 is 0 Å². The first-order valence-corrected chi connectivity index (χ1v) is 5.55. The van der Waals surface area contributed by atoms with E-state index >= 15 is 0 Å². The number of rotatable bonds is 3. The molecule has 0 aliphatic carbocycles. The molecule has 1 aromatic heterocycles. The van der Waals surface area contributed by atoms with Gasteiger partial charge in [0.25, 0.3) is 0 Å². The van der Waals surface area contributed by atoms with Crippen LogP contribution < -0.4 is 4.74 Å². The first-order valence-electron chi connectivity index (χ1n) is 5.55. The van der Waals surface area contributed by atoms with Crippen molar-refractivity contribution < 1.29 is 31.1 Å². The van der Waals surface area contributed by atoms with Crippen LogP contribution in [-0.2, 0) is 6.18 Å². The maximum absolute atomic E-state index is 13.5. The number of pyridine rings is 1. The Labute approximate surface area is 115 Å². The third-order valence-electron chi connectivity index (χ3n) is 2.58. The quantitative estimate of drug-likeness (QED) is 0.778. The molecule has 0 saturated carbocycles. The van der Waals surface area contributed by atoms with Crippen molar-refractivity contribution in [2.45, 2.75) is 12.8 Å². The third kappa shape index (κ3) is 3.45. The summed E-state index contributed by atoms with van der Waals surface area (Å²) >= 11 is 0. The number of halogens is 6. The van der Waals surface area contributed by atoms with Crippen molar-refractivity contribution >= 4 is 0 Å². The van der Waals surface area contributed by atoms with E-state index in [0.717, 1.165) is 30.5 Å². The summed E-state index contributed by atoms with van der Waals surface area (Å²) in [5, 5.41) is 0. The average Bonchev–Trinajstić information content (AvgIpc) is 2.40. The van der Waals surface area contributed by atoms with Gasteiger partial charge in [-0.25, -0.2) is 4.39 Å². The van der Waals surface area contributed by atoms with Crippen LogP contribution in [0.3, 0.4) is 0 Å². The van der Waals surface area contributed by atoms with Crippen LogP contribution in [0.25, 0.3) is 11.1 Å². The number of hydrogen-bond donors (Lipinski definition) is 0. The molecule has 0 spiro atoms. The second-order valence-electron chi connectivity index (χ2n) is 3.95. The predicted molar refractivity (Wildman–Crippen MR) is 61.3 cm³/mol. The van der Waals surface area contributed by atoms with Gasteiger partial charge in [-0.05, 0) is 17.7 Å². The Morgan fingerprint density at radius 1 is 1.00 bits per heavy atom. The van der Waals surface area contributed by atoms with Crippen molar-refractivity contribution in [3.05, 3.63) is 48.0 Å². The lowest BCUT2D eigenvalue weighted by Crippen LogP contribution is -2.06. The van der Waals surface area contributed by atoms with Gasteiger partial charge in [-0.3, -0.25) is 4.98 Å². The molecule has 0 unspecified atom stereocenters. The Bertz CT molecular complexity index is 624. The van der Waals surface area contributed by atoms with Crippen LogP contribution in [0, 0.1) is 5.82 Å². The van der Waals surface area contributed by atoms with Crippen molar-refractivity contribution in [1.29, 1.82) is 0 Å². The van der Waals surface area contributed by atoms with Gasteiger partial charge in [0.15, 0.2) is 11.6 Å². The highest BCUT2D eigenvalue weighted by molar-refractivity contribution is 5.69. The molecule has 2 nitrogen and oxygen atoms in total. The van der Waals surface area contributed by atoms with Crippen molar-refractivity contribution in [1.82, 2.24) is 4.98 Å². The second kappa shape index (κ2) is 5.63. The molecular weight excluding hydrogens is 300 g/mol. The van der Waals surface area contributed by atoms with Crippen molar-refractivity contribution in [3.63, 3.8) is 0 Å². The molecular formula is C13H7F6NO. The lowest BCUT2D eigenvalue weighted by Gasteiger charge is -2.12. The van der Waals surface area contributed by atoms with E-state index in [4.69, 9.17) is 0 Å². The summed E-state index contributed by atoms with van der Waals surface area (Å²) in [4.78, 5) is 3.48. The first-order chi connectivity index (χ1) is 9.79. The van der Waals surface area contributed by atoms with E-state index < -0.39 is 29.9 Å². The van der Waals surface area contributed by atoms with E-state index in [1.807, 2.05) is 0 Å². The van der Waals surface area contributed by atoms with Gasteiger partial charge < -0.3 is 4.74 Å². The van der Waals surface area contributed by atoms with E-state index in [1.54, 1.807) is 0 Å². The summed E-state index contributed by atoms with van der Waals surface area (Å²) in [5.74, 6) is -1.90. The van der Waals surface area contributed by atoms with E-state index in [-0.39, 0.29) is 11.1 Å². The zero-order chi connectivity index (χ0) is 15.6. The number of alkyl halides is 5. The molecule has 21 heavy (non-hydrogen) atoms. The Kier molecular flexibility index (Phi) is 4.06. The summed E-state index contributed by atoms with van der Waals surface area (Å²) in [5.41, 5.74) is -0.999. The fourth-order valence-corrected chi connectivity index (χ4v) is 1.68. The standard InChI is InChI=1S/C13H7F6NO/c14-10-6-20-5-9(11(10)21-12(15)16)7-1-3-8(4-2-7)13(17,18)19/h1-6,12H. The van der Waals surface area contributed by atoms with Gasteiger partial charge in [-0.15, -0.1) is 0 Å². The Balaban J connectivity index is 2.45. The van der Waals surface area contributed by atoms with Gasteiger partial charge in [-0.2, -0.15) is 22.0 Å². The van der Waals surface area contributed by atoms with Gasteiger partial charge in [0.2, 0.25) is 0 Å². The molecule has 0 atom stereocenters. The first kappa shape index (κ1) is 15.1. The summed E-state index contributed by atoms with van der Waals surface area (Å²) in [6.45, 7) is -3.27. The molecule has 0 aliphatic heterocycles. The number of benzene rings is 1. The molecule has 0 saturated heterocycles. The molecule has 1 heterocycles. The van der Waals surface area contributed by atoms with Gasteiger partial charge in [0.05, 0.1) is 11.8 Å². The Morgan fingerprint density at radius 2 is 1.62 bits per heavy atom. The molecule has 1 aromatic carbocycles. The minimum atomic E-state index is -4.53. The zero-order valence-electron chi connectivity index (χ0n) is 10.2. The number of hydrogen-bond acceptors (Lipinski definition) is 2. The van der Waals surface area contributed by atoms with Gasteiger partial charge in [-0.1, -0.05) is 12.1 Å². The van der Waals surface area contributed by atoms with Crippen LogP contribution in [0.1, 0.15) is 5.56 Å². The third-order valence-corrected chi connectivity index (χ3v) is 2.58. The summed E-state index contributed by atoms with van der Waals surface area (Å²) in [6.07, 6.45) is -2.82. The number of aromatic nitrogens is 1. The lowest BCUT2D eigenvalue weighted by molar-refractivity contribution is -0.137. The molecule has 0 fully saturated rings. The minimum Gasteiger partial charge on any atom is -0.431 e. The number of nitrogens with zero attached hydrogens (tertiary/aromatic N) is 1. The fourth-order valence-electron chi connectivity index (χ4n) is 1.68. The molecule has 2 rings (SSSR count). The zero-order valence-corrected chi connectivity index (χ0v) is 10.2. The van der Waals surface area contributed by atoms with E-state index in [0.29, 0.717) is 6.20 Å². The van der Waals surface area contributed by atoms with E-state index in [1.165, 1.54) is 0 Å². The van der Waals surface area contributed by atoms with Crippen LogP contribution in [0.5, 0.6) is 5.75 Å². The van der Waals surface area contributed by atoms with Crippen LogP contribution in [-0.4, -0.2) is 11.6 Å². The minimum absolute atomic E-state index is 0.0747. The monoisotopic (exact) mass is 307 g/mol. The van der Waals surface area contributed by atoms with E-state index in [2.05, 4.69) is 9.72 Å². The number of ether oxygens (including phenoxy) is 1. The smallest absolute Gasteiger partial charge is 0.416 e. The maximum atomic E-state index is 13.5. The summed E-state index contributed by atoms with van der Waals surface area (Å²) < 4.78 is 79.4. The molecule has 0 radical (unpaired) electrons. The molecule has 2 aromatic rings. The highest BCUT2D eigenvalue weighted by atomic mass is 19.4. The van der Waals surface area contributed by atoms with Crippen LogP contribution in [0.15, 0.2) is 36.7 Å². The Morgan fingerprint density at radius 3 is 2.14 bits per heavy atom. The Hall–Kier alpha value is -2.25. The average molecular weight is 307 g/mol. The van der Waals surface area contributed by atoms with Crippen LogP contribution in [0.2, 0.25) is 0 Å². The van der Waals surface area contributed by atoms with Gasteiger partial charge in [0.1, 0.15) is 0 Å². The highest BCUT2D eigenvalue weighted by Crippen LogP contribution is 2.35. The summed E-state index contributed by atoms with van der Waals surface area (Å²) in [7, 11) is 0. The molecule has 0 amide bonds. The van der Waals surface area contributed by atoms with E-state index in [9.17, 15) is 26.3 Å². The van der Waals surface area contributed by atoms with Crippen molar-refractivity contribution in [2.24, 2.45) is 0 Å². The molecule has 112 valence electrons. The van der Waals surface area contributed by atoms with Crippen LogP contribution in [0.4, 0.5) is 26.3 Å². The predicted octanol–water partition coefficient (Wildman–Crippen LogP) is 4.51. The molecule has 0 aliphatic rings. The fraction of sp³-hybridized carbons (Fsp3) is 0.154. The largest absolute Gasteiger partial charge is 0.431 e. The van der Waals surface area contributed by atoms with Crippen molar-refractivity contribution in [3.8, 4) is 16.9 Å². The lowest BCUT2D eigenvalue weighted by atomic mass is 10.0. The maximum Gasteiger partial charge on any atom is 0.416 e. The topological polar surface area (TPSA) is 22.1 Å². The molecule has 0 N–H and O–H groups in total. The SMILES string of the molecule is Fc1cncc(-c2ccc(C(F)(F)F)cc2)c1OC(F)F. The van der Waals surface area contributed by atoms with Gasteiger partial charge >= 0.3 is 12.8 Å².